The third-order valence-electron chi connectivity index (χ3n) is 7.32. The van der Waals surface area contributed by atoms with Gasteiger partial charge in [-0.05, 0) is 19.3 Å². The number of phosphoric ester groups is 1. The number of hydrogen-bond donors (Lipinski definition) is 3. The first-order valence-corrected chi connectivity index (χ1v) is 18.5. The second-order valence-electron chi connectivity index (χ2n) is 11.6. The molecule has 254 valence electrons. The SMILES string of the molecule is CCCCCCCCCCCCCCC(=O)O[C@H](COC(=O)CCCCCCCCCCCNC(C)=O)COP(=O)(O)O. The minimum absolute atomic E-state index is 0.0151. The number of unbranched alkanes of at least 4 members (excludes halogenated alkanes) is 19. The van der Waals surface area contributed by atoms with E-state index in [0.717, 1.165) is 77.2 Å². The fraction of sp³-hybridized carbons (Fsp3) is 0.906. The maximum absolute atomic E-state index is 12.3. The number of hydrogen-bond acceptors (Lipinski definition) is 7. The van der Waals surface area contributed by atoms with Gasteiger partial charge in [-0.15, -0.1) is 0 Å². The number of amides is 1. The van der Waals surface area contributed by atoms with Gasteiger partial charge in [0.25, 0.3) is 0 Å². The van der Waals surface area contributed by atoms with Gasteiger partial charge in [0.05, 0.1) is 6.61 Å². The van der Waals surface area contributed by atoms with Gasteiger partial charge in [0.2, 0.25) is 5.91 Å². The van der Waals surface area contributed by atoms with Gasteiger partial charge in [0, 0.05) is 26.3 Å². The highest BCUT2D eigenvalue weighted by Gasteiger charge is 2.22. The molecule has 0 aromatic carbocycles. The molecule has 3 N–H and O–H groups in total. The van der Waals surface area contributed by atoms with Crippen LogP contribution in [0.3, 0.4) is 0 Å². The molecule has 0 radical (unpaired) electrons. The molecular weight excluding hydrogens is 573 g/mol. The van der Waals surface area contributed by atoms with E-state index in [1.807, 2.05) is 0 Å². The van der Waals surface area contributed by atoms with E-state index >= 15 is 0 Å². The van der Waals surface area contributed by atoms with Gasteiger partial charge in [-0.1, -0.05) is 122 Å². The zero-order valence-electron chi connectivity index (χ0n) is 27.2. The Hall–Kier alpha value is -1.48. The second-order valence-corrected chi connectivity index (χ2v) is 12.9. The fourth-order valence-corrected chi connectivity index (χ4v) is 5.17. The minimum atomic E-state index is -4.75. The molecule has 0 aromatic rings. The van der Waals surface area contributed by atoms with Crippen LogP contribution in [-0.4, -0.2) is 53.5 Å². The third-order valence-corrected chi connectivity index (χ3v) is 7.81. The Kier molecular flexibility index (Phi) is 28.2. The molecule has 0 aromatic heterocycles. The molecule has 1 amide bonds. The van der Waals surface area contributed by atoms with Gasteiger partial charge in [-0.2, -0.15) is 0 Å². The zero-order valence-corrected chi connectivity index (χ0v) is 28.1. The predicted molar refractivity (Wildman–Crippen MR) is 169 cm³/mol. The van der Waals surface area contributed by atoms with Crippen LogP contribution in [0.2, 0.25) is 0 Å². The Bertz CT molecular complexity index is 744. The maximum atomic E-state index is 12.3. The largest absolute Gasteiger partial charge is 0.469 e. The topological polar surface area (TPSA) is 148 Å². The van der Waals surface area contributed by atoms with E-state index in [4.69, 9.17) is 19.3 Å². The Balaban J connectivity index is 3.97. The lowest BCUT2D eigenvalue weighted by Gasteiger charge is -2.18. The van der Waals surface area contributed by atoms with Crippen molar-refractivity contribution in [1.29, 1.82) is 0 Å². The summed E-state index contributed by atoms with van der Waals surface area (Å²) >= 11 is 0. The van der Waals surface area contributed by atoms with Crippen molar-refractivity contribution >= 4 is 25.7 Å². The second kappa shape index (κ2) is 29.2. The van der Waals surface area contributed by atoms with E-state index in [0.29, 0.717) is 12.8 Å². The van der Waals surface area contributed by atoms with Gasteiger partial charge >= 0.3 is 19.8 Å². The number of esters is 2. The van der Waals surface area contributed by atoms with E-state index < -0.39 is 32.5 Å². The average molecular weight is 636 g/mol. The van der Waals surface area contributed by atoms with Crippen molar-refractivity contribution in [2.24, 2.45) is 0 Å². The molecule has 0 saturated heterocycles. The first-order chi connectivity index (χ1) is 20.6. The normalized spacial score (nSPS) is 12.2. The number of carbonyl (C=O) groups is 3. The van der Waals surface area contributed by atoms with Crippen LogP contribution < -0.4 is 5.32 Å². The molecule has 0 aliphatic rings. The van der Waals surface area contributed by atoms with Crippen LogP contribution >= 0.6 is 7.82 Å². The van der Waals surface area contributed by atoms with Crippen LogP contribution in [0.4, 0.5) is 0 Å². The Morgan fingerprint density at radius 2 is 1.05 bits per heavy atom. The molecule has 0 fully saturated rings. The first kappa shape index (κ1) is 41.5. The quantitative estimate of drug-likeness (QED) is 0.0396. The summed E-state index contributed by atoms with van der Waals surface area (Å²) in [7, 11) is -4.75. The van der Waals surface area contributed by atoms with Crippen LogP contribution in [0.1, 0.15) is 162 Å². The van der Waals surface area contributed by atoms with Crippen molar-refractivity contribution < 1.29 is 42.7 Å². The molecule has 1 atom stereocenters. The van der Waals surface area contributed by atoms with Crippen LogP contribution in [-0.2, 0) is 32.9 Å². The maximum Gasteiger partial charge on any atom is 0.469 e. The van der Waals surface area contributed by atoms with E-state index in [-0.39, 0.29) is 25.4 Å². The minimum Gasteiger partial charge on any atom is -0.462 e. The van der Waals surface area contributed by atoms with Crippen molar-refractivity contribution in [3.8, 4) is 0 Å². The summed E-state index contributed by atoms with van der Waals surface area (Å²) in [5, 5.41) is 2.80. The summed E-state index contributed by atoms with van der Waals surface area (Å²) in [6, 6.07) is 0. The number of carbonyl (C=O) groups excluding carboxylic acids is 3. The summed E-state index contributed by atoms with van der Waals surface area (Å²) in [4.78, 5) is 53.3. The van der Waals surface area contributed by atoms with Crippen molar-refractivity contribution in [2.75, 3.05) is 19.8 Å². The van der Waals surface area contributed by atoms with Gasteiger partial charge in [-0.25, -0.2) is 4.57 Å². The highest BCUT2D eigenvalue weighted by Crippen LogP contribution is 2.36. The molecule has 0 heterocycles. The summed E-state index contributed by atoms with van der Waals surface area (Å²) in [6.45, 7) is 3.65. The molecule has 0 aliphatic carbocycles. The Morgan fingerprint density at radius 3 is 1.49 bits per heavy atom. The molecule has 0 spiro atoms. The van der Waals surface area contributed by atoms with E-state index in [1.54, 1.807) is 0 Å². The molecule has 0 unspecified atom stereocenters. The van der Waals surface area contributed by atoms with Crippen molar-refractivity contribution in [3.05, 3.63) is 0 Å². The van der Waals surface area contributed by atoms with Crippen LogP contribution in [0.5, 0.6) is 0 Å². The summed E-state index contributed by atoms with van der Waals surface area (Å²) in [5.74, 6) is -0.909. The molecule has 10 nitrogen and oxygen atoms in total. The van der Waals surface area contributed by atoms with Gasteiger partial charge in [0.15, 0.2) is 6.10 Å². The van der Waals surface area contributed by atoms with Crippen LogP contribution in [0.15, 0.2) is 0 Å². The van der Waals surface area contributed by atoms with Gasteiger partial charge in [-0.3, -0.25) is 18.9 Å². The first-order valence-electron chi connectivity index (χ1n) is 16.9. The number of ether oxygens (including phenoxy) is 2. The van der Waals surface area contributed by atoms with E-state index in [1.165, 1.54) is 58.3 Å². The lowest BCUT2D eigenvalue weighted by Crippen LogP contribution is -2.29. The summed E-state index contributed by atoms with van der Waals surface area (Å²) < 4.78 is 26.2. The monoisotopic (exact) mass is 635 g/mol. The number of nitrogens with one attached hydrogen (secondary N) is 1. The van der Waals surface area contributed by atoms with Gasteiger partial charge < -0.3 is 24.6 Å². The van der Waals surface area contributed by atoms with E-state index in [2.05, 4.69) is 16.8 Å². The van der Waals surface area contributed by atoms with E-state index in [9.17, 15) is 18.9 Å². The number of phosphoric acid groups is 1. The standard InChI is InChI=1S/C32H62NO9P/c1-3-4-5-6-7-8-9-10-12-16-19-22-25-32(36)42-30(28-41-43(37,38)39)27-40-31(35)24-21-18-15-13-11-14-17-20-23-26-33-29(2)34/h30H,3-28H2,1-2H3,(H,33,34)(H2,37,38,39)/t30-/m1/s1. The van der Waals surface area contributed by atoms with Crippen molar-refractivity contribution in [1.82, 2.24) is 5.32 Å². The third kappa shape index (κ3) is 33.3. The van der Waals surface area contributed by atoms with Crippen LogP contribution in [0, 0.1) is 0 Å². The number of rotatable bonds is 31. The van der Waals surface area contributed by atoms with Crippen molar-refractivity contribution in [3.63, 3.8) is 0 Å². The highest BCUT2D eigenvalue weighted by atomic mass is 31.2. The molecule has 0 rings (SSSR count). The lowest BCUT2D eigenvalue weighted by atomic mass is 10.0. The molecule has 11 heteroatoms. The predicted octanol–water partition coefficient (Wildman–Crippen LogP) is 7.68. The zero-order chi connectivity index (χ0) is 32.0. The van der Waals surface area contributed by atoms with Gasteiger partial charge in [0.1, 0.15) is 6.61 Å². The lowest BCUT2D eigenvalue weighted by molar-refractivity contribution is -0.161. The smallest absolute Gasteiger partial charge is 0.462 e. The molecule has 0 bridgehead atoms. The molecular formula is C32H62NO9P. The highest BCUT2D eigenvalue weighted by molar-refractivity contribution is 7.46. The summed E-state index contributed by atoms with van der Waals surface area (Å²) in [5.41, 5.74) is 0. The Labute approximate surface area is 261 Å². The fourth-order valence-electron chi connectivity index (χ4n) is 4.81. The average Bonchev–Trinajstić information content (AvgIpc) is 2.95. The Morgan fingerprint density at radius 1 is 0.628 bits per heavy atom. The van der Waals surface area contributed by atoms with Crippen molar-refractivity contribution in [2.45, 2.75) is 168 Å². The summed E-state index contributed by atoms with van der Waals surface area (Å²) in [6.07, 6.45) is 22.9. The molecule has 0 saturated carbocycles. The van der Waals surface area contributed by atoms with Crippen LogP contribution in [0.25, 0.3) is 0 Å². The molecule has 0 aliphatic heterocycles. The molecule has 43 heavy (non-hydrogen) atoms.